The number of fused-ring (bicyclic) bond motifs is 3. The maximum absolute atomic E-state index is 13.2. The van der Waals surface area contributed by atoms with Crippen LogP contribution in [0, 0.1) is 0 Å². The van der Waals surface area contributed by atoms with E-state index < -0.39 is 0 Å². The summed E-state index contributed by atoms with van der Waals surface area (Å²) in [5, 5.41) is 9.84. The van der Waals surface area contributed by atoms with Crippen molar-refractivity contribution in [3.63, 3.8) is 0 Å². The van der Waals surface area contributed by atoms with Crippen LogP contribution in [0.15, 0.2) is 83.3 Å². The number of hydrogen-bond acceptors (Lipinski definition) is 4. The van der Waals surface area contributed by atoms with Crippen LogP contribution in [0.4, 0.5) is 5.69 Å². The van der Waals surface area contributed by atoms with Gasteiger partial charge in [0.2, 0.25) is 5.91 Å². The number of carbonyl (C=O) groups excluding carboxylic acids is 2. The second-order valence-corrected chi connectivity index (χ2v) is 12.2. The molecule has 1 unspecified atom stereocenters. The number of nitrogens with zero attached hydrogens (tertiary/aromatic N) is 1. The summed E-state index contributed by atoms with van der Waals surface area (Å²) >= 11 is 12.6. The van der Waals surface area contributed by atoms with Crippen molar-refractivity contribution in [1.82, 2.24) is 10.2 Å². The van der Waals surface area contributed by atoms with Gasteiger partial charge >= 0.3 is 0 Å². The summed E-state index contributed by atoms with van der Waals surface area (Å²) in [7, 11) is 0. The van der Waals surface area contributed by atoms with Gasteiger partial charge in [0.1, 0.15) is 5.58 Å². The Hall–Kier alpha value is -3.84. The molecule has 1 aliphatic heterocycles. The van der Waals surface area contributed by atoms with Crippen molar-refractivity contribution in [2.75, 3.05) is 25.0 Å². The Morgan fingerprint density at radius 3 is 2.37 bits per heavy atom. The smallest absolute Gasteiger partial charge is 0.287 e. The van der Waals surface area contributed by atoms with Crippen molar-refractivity contribution in [3.8, 4) is 11.1 Å². The summed E-state index contributed by atoms with van der Waals surface area (Å²) < 4.78 is 6.15. The van der Waals surface area contributed by atoms with Crippen LogP contribution in [0.25, 0.3) is 32.9 Å². The SMILES string of the molecule is CC(=O)Nc1cccc(C2CCN(C(C)CNC(=O)c3cc4cc(-c5cc(Cl)cc(Cl)c5)c5ccccc5c4o3)CC2)c1. The maximum Gasteiger partial charge on any atom is 0.287 e. The molecule has 8 heteroatoms. The minimum atomic E-state index is -0.232. The molecule has 2 heterocycles. The van der Waals surface area contributed by atoms with Gasteiger partial charge in [-0.3, -0.25) is 14.5 Å². The van der Waals surface area contributed by atoms with E-state index >= 15 is 0 Å². The molecule has 43 heavy (non-hydrogen) atoms. The van der Waals surface area contributed by atoms with E-state index in [2.05, 4.69) is 34.6 Å². The zero-order chi connectivity index (χ0) is 30.1. The molecule has 0 spiro atoms. The molecule has 1 saturated heterocycles. The summed E-state index contributed by atoms with van der Waals surface area (Å²) in [4.78, 5) is 27.1. The van der Waals surface area contributed by atoms with Crippen molar-refractivity contribution in [1.29, 1.82) is 0 Å². The molecule has 4 aromatic carbocycles. The summed E-state index contributed by atoms with van der Waals surface area (Å²) in [6.07, 6.45) is 2.05. The monoisotopic (exact) mass is 613 g/mol. The number of likely N-dealkylation sites (tertiary alicyclic amines) is 1. The molecular formula is C35H33Cl2N3O3. The summed E-state index contributed by atoms with van der Waals surface area (Å²) in [5.41, 5.74) is 4.65. The van der Waals surface area contributed by atoms with Crippen molar-refractivity contribution in [2.45, 2.75) is 38.6 Å². The van der Waals surface area contributed by atoms with E-state index in [0.29, 0.717) is 28.1 Å². The van der Waals surface area contributed by atoms with Crippen molar-refractivity contribution in [2.24, 2.45) is 0 Å². The first kappa shape index (κ1) is 29.2. The lowest BCUT2D eigenvalue weighted by Crippen LogP contribution is -2.45. The topological polar surface area (TPSA) is 74.6 Å². The predicted molar refractivity (Wildman–Crippen MR) is 175 cm³/mol. The quantitative estimate of drug-likeness (QED) is 0.193. The van der Waals surface area contributed by atoms with E-state index in [1.165, 1.54) is 12.5 Å². The molecule has 1 fully saturated rings. The molecular weight excluding hydrogens is 581 g/mol. The van der Waals surface area contributed by atoms with Crippen LogP contribution in [0.1, 0.15) is 48.7 Å². The molecule has 6 rings (SSSR count). The van der Waals surface area contributed by atoms with Gasteiger partial charge < -0.3 is 15.1 Å². The Balaban J connectivity index is 1.13. The molecule has 0 radical (unpaired) electrons. The second-order valence-electron chi connectivity index (χ2n) is 11.3. The third-order valence-corrected chi connectivity index (χ3v) is 8.75. The number of anilines is 1. The molecule has 1 aliphatic rings. The van der Waals surface area contributed by atoms with Crippen LogP contribution in [-0.4, -0.2) is 42.4 Å². The Labute approximate surface area is 261 Å². The number of benzene rings is 4. The minimum Gasteiger partial charge on any atom is -0.450 e. The van der Waals surface area contributed by atoms with E-state index in [4.69, 9.17) is 27.6 Å². The molecule has 1 aromatic heterocycles. The molecule has 5 aromatic rings. The van der Waals surface area contributed by atoms with Crippen LogP contribution in [0.5, 0.6) is 0 Å². The number of halogens is 2. The lowest BCUT2D eigenvalue weighted by molar-refractivity contribution is -0.114. The van der Waals surface area contributed by atoms with Crippen LogP contribution in [0.3, 0.4) is 0 Å². The predicted octanol–water partition coefficient (Wildman–Crippen LogP) is 8.52. The molecule has 6 nitrogen and oxygen atoms in total. The Kier molecular flexibility index (Phi) is 8.44. The highest BCUT2D eigenvalue weighted by Crippen LogP contribution is 2.38. The highest BCUT2D eigenvalue weighted by molar-refractivity contribution is 6.35. The Morgan fingerprint density at radius 1 is 0.930 bits per heavy atom. The average molecular weight is 615 g/mol. The fourth-order valence-electron chi connectivity index (χ4n) is 6.14. The number of piperidine rings is 1. The summed E-state index contributed by atoms with van der Waals surface area (Å²) in [6.45, 7) is 6.08. The van der Waals surface area contributed by atoms with Crippen LogP contribution < -0.4 is 10.6 Å². The van der Waals surface area contributed by atoms with E-state index in [-0.39, 0.29) is 23.6 Å². The summed E-state index contributed by atoms with van der Waals surface area (Å²) in [6, 6.07) is 25.6. The van der Waals surface area contributed by atoms with E-state index in [1.54, 1.807) is 12.1 Å². The fraction of sp³-hybridized carbons (Fsp3) is 0.257. The molecule has 2 N–H and O–H groups in total. The van der Waals surface area contributed by atoms with Crippen molar-refractivity contribution < 1.29 is 14.0 Å². The zero-order valence-electron chi connectivity index (χ0n) is 24.1. The highest BCUT2D eigenvalue weighted by Gasteiger charge is 2.25. The van der Waals surface area contributed by atoms with Gasteiger partial charge in [-0.25, -0.2) is 0 Å². The molecule has 0 saturated carbocycles. The molecule has 0 bridgehead atoms. The normalized spacial score (nSPS) is 15.1. The number of hydrogen-bond donors (Lipinski definition) is 2. The van der Waals surface area contributed by atoms with Gasteiger partial charge in [0.25, 0.3) is 5.91 Å². The van der Waals surface area contributed by atoms with Gasteiger partial charge in [0.15, 0.2) is 5.76 Å². The zero-order valence-corrected chi connectivity index (χ0v) is 25.6. The highest BCUT2D eigenvalue weighted by atomic mass is 35.5. The first-order chi connectivity index (χ1) is 20.7. The van der Waals surface area contributed by atoms with Gasteiger partial charge in [-0.2, -0.15) is 0 Å². The summed E-state index contributed by atoms with van der Waals surface area (Å²) in [5.74, 6) is 0.437. The van der Waals surface area contributed by atoms with Crippen LogP contribution >= 0.6 is 23.2 Å². The van der Waals surface area contributed by atoms with E-state index in [9.17, 15) is 9.59 Å². The van der Waals surface area contributed by atoms with Crippen LogP contribution in [0.2, 0.25) is 10.0 Å². The van der Waals surface area contributed by atoms with Gasteiger partial charge in [-0.1, -0.05) is 59.6 Å². The lowest BCUT2D eigenvalue weighted by Gasteiger charge is -2.36. The van der Waals surface area contributed by atoms with Crippen molar-refractivity contribution in [3.05, 3.63) is 100 Å². The van der Waals surface area contributed by atoms with E-state index in [0.717, 1.165) is 58.9 Å². The molecule has 220 valence electrons. The largest absolute Gasteiger partial charge is 0.450 e. The molecule has 2 amide bonds. The third-order valence-electron chi connectivity index (χ3n) is 8.31. The van der Waals surface area contributed by atoms with Gasteiger partial charge in [0, 0.05) is 46.0 Å². The first-order valence-electron chi connectivity index (χ1n) is 14.6. The number of rotatable bonds is 7. The molecule has 0 aliphatic carbocycles. The number of amides is 2. The first-order valence-corrected chi connectivity index (χ1v) is 15.3. The van der Waals surface area contributed by atoms with Gasteiger partial charge in [-0.15, -0.1) is 0 Å². The Bertz CT molecular complexity index is 1800. The Morgan fingerprint density at radius 2 is 1.65 bits per heavy atom. The van der Waals surface area contributed by atoms with Crippen molar-refractivity contribution >= 4 is 62.4 Å². The lowest BCUT2D eigenvalue weighted by atomic mass is 9.88. The standard InChI is InChI=1S/C35H33Cl2N3O3/c1-21(40-12-10-23(11-13-40)24-6-5-7-29(16-24)39-22(2)41)20-38-35(42)33-18-26-17-32(25-14-27(36)19-28(37)15-25)30-8-3-4-9-31(30)34(26)43-33/h3-9,14-19,21,23H,10-13,20H2,1-2H3,(H,38,42)(H,39,41). The third kappa shape index (κ3) is 6.42. The van der Waals surface area contributed by atoms with Gasteiger partial charge in [-0.05, 0) is 103 Å². The maximum atomic E-state index is 13.2. The van der Waals surface area contributed by atoms with Gasteiger partial charge in [0.05, 0.1) is 0 Å². The fourth-order valence-corrected chi connectivity index (χ4v) is 6.66. The number of nitrogens with one attached hydrogen (secondary N) is 2. The second kappa shape index (κ2) is 12.4. The number of furan rings is 1. The number of carbonyl (C=O) groups is 2. The van der Waals surface area contributed by atoms with Crippen LogP contribution in [-0.2, 0) is 4.79 Å². The molecule has 1 atom stereocenters. The minimum absolute atomic E-state index is 0.0634. The average Bonchev–Trinajstić information content (AvgIpc) is 3.43. The van der Waals surface area contributed by atoms with E-state index in [1.807, 2.05) is 54.6 Å².